The van der Waals surface area contributed by atoms with Gasteiger partial charge in [0, 0.05) is 11.6 Å². The molecule has 0 spiro atoms. The van der Waals surface area contributed by atoms with Gasteiger partial charge in [0.05, 0.1) is 11.5 Å². The molecule has 0 heterocycles. The number of aliphatic hydroxyl groups excluding tert-OH is 1. The molecule has 0 saturated carbocycles. The first-order valence-corrected chi connectivity index (χ1v) is 8.68. The van der Waals surface area contributed by atoms with Gasteiger partial charge in [0.1, 0.15) is 0 Å². The predicted molar refractivity (Wildman–Crippen MR) is 85.1 cm³/mol. The fourth-order valence-corrected chi connectivity index (χ4v) is 3.68. The minimum Gasteiger partial charge on any atom is -0.392 e. The van der Waals surface area contributed by atoms with Gasteiger partial charge in [-0.2, -0.15) is 0 Å². The summed E-state index contributed by atoms with van der Waals surface area (Å²) >= 11 is 5.92. The second-order valence-corrected chi connectivity index (χ2v) is 7.43. The van der Waals surface area contributed by atoms with Gasteiger partial charge in [-0.1, -0.05) is 11.6 Å². The summed E-state index contributed by atoms with van der Waals surface area (Å²) in [6.07, 6.45) is 1.69. The van der Waals surface area contributed by atoms with E-state index in [1.54, 1.807) is 13.0 Å². The van der Waals surface area contributed by atoms with E-state index in [0.717, 1.165) is 19.4 Å². The van der Waals surface area contributed by atoms with Gasteiger partial charge in [-0.05, 0) is 63.7 Å². The third-order valence-corrected chi connectivity index (χ3v) is 5.02. The number of hydrogen-bond donors (Lipinski definition) is 2. The maximum absolute atomic E-state index is 12.3. The Morgan fingerprint density at radius 1 is 1.29 bits per heavy atom. The molecule has 5 nitrogen and oxygen atoms in total. The highest BCUT2D eigenvalue weighted by molar-refractivity contribution is 7.89. The van der Waals surface area contributed by atoms with Crippen LogP contribution in [0, 0.1) is 6.92 Å². The van der Waals surface area contributed by atoms with Crippen LogP contribution in [-0.2, 0) is 16.6 Å². The summed E-state index contributed by atoms with van der Waals surface area (Å²) in [6.45, 7) is 2.74. The summed E-state index contributed by atoms with van der Waals surface area (Å²) in [5.74, 6) is 0. The lowest BCUT2D eigenvalue weighted by atomic mass is 10.1. The topological polar surface area (TPSA) is 69.6 Å². The largest absolute Gasteiger partial charge is 0.392 e. The van der Waals surface area contributed by atoms with Gasteiger partial charge < -0.3 is 10.0 Å². The first kappa shape index (κ1) is 18.4. The number of hydrogen-bond acceptors (Lipinski definition) is 4. The van der Waals surface area contributed by atoms with Crippen LogP contribution in [-0.4, -0.2) is 45.6 Å². The molecule has 0 saturated heterocycles. The molecule has 0 unspecified atom stereocenters. The van der Waals surface area contributed by atoms with Crippen molar-refractivity contribution >= 4 is 21.6 Å². The minimum absolute atomic E-state index is 0.131. The van der Waals surface area contributed by atoms with Crippen molar-refractivity contribution in [3.8, 4) is 0 Å². The average Bonchev–Trinajstić information content (AvgIpc) is 2.40. The standard InChI is InChI=1S/C14H23ClN2O3S/c1-11-12(10-18)8-13(15)9-14(11)21(19,20)16-6-4-5-7-17(2)3/h8-9,16,18H,4-7,10H2,1-3H3. The molecular weight excluding hydrogens is 312 g/mol. The van der Waals surface area contributed by atoms with Crippen molar-refractivity contribution in [1.29, 1.82) is 0 Å². The molecule has 0 fully saturated rings. The quantitative estimate of drug-likeness (QED) is 0.711. The molecule has 2 N–H and O–H groups in total. The highest BCUT2D eigenvalue weighted by atomic mass is 35.5. The summed E-state index contributed by atoms with van der Waals surface area (Å²) in [5.41, 5.74) is 1.05. The molecule has 120 valence electrons. The monoisotopic (exact) mass is 334 g/mol. The van der Waals surface area contributed by atoms with Crippen molar-refractivity contribution in [2.45, 2.75) is 31.3 Å². The summed E-state index contributed by atoms with van der Waals surface area (Å²) in [4.78, 5) is 2.19. The van der Waals surface area contributed by atoms with E-state index in [1.165, 1.54) is 6.07 Å². The van der Waals surface area contributed by atoms with Crippen molar-refractivity contribution in [3.05, 3.63) is 28.3 Å². The van der Waals surface area contributed by atoms with E-state index in [1.807, 2.05) is 14.1 Å². The molecule has 0 amide bonds. The smallest absolute Gasteiger partial charge is 0.240 e. The van der Waals surface area contributed by atoms with Crippen molar-refractivity contribution < 1.29 is 13.5 Å². The predicted octanol–water partition coefficient (Wildman–Crippen LogP) is 1.76. The van der Waals surface area contributed by atoms with Crippen molar-refractivity contribution in [1.82, 2.24) is 9.62 Å². The zero-order valence-corrected chi connectivity index (χ0v) is 14.3. The Balaban J connectivity index is 2.77. The fraction of sp³-hybridized carbons (Fsp3) is 0.571. The molecule has 0 aliphatic rings. The van der Waals surface area contributed by atoms with E-state index in [0.29, 0.717) is 22.7 Å². The van der Waals surface area contributed by atoms with Crippen LogP contribution in [0.4, 0.5) is 0 Å². The zero-order valence-electron chi connectivity index (χ0n) is 12.7. The van der Waals surface area contributed by atoms with Crippen LogP contribution in [0.2, 0.25) is 5.02 Å². The molecule has 0 bridgehead atoms. The first-order chi connectivity index (χ1) is 9.77. The summed E-state index contributed by atoms with van der Waals surface area (Å²) in [6, 6.07) is 2.99. The van der Waals surface area contributed by atoms with Gasteiger partial charge in [-0.15, -0.1) is 0 Å². The number of nitrogens with zero attached hydrogens (tertiary/aromatic N) is 1. The molecule has 1 aromatic rings. The number of halogens is 1. The minimum atomic E-state index is -3.61. The molecule has 0 aliphatic heterocycles. The van der Waals surface area contributed by atoms with Gasteiger partial charge >= 0.3 is 0 Å². The average molecular weight is 335 g/mol. The van der Waals surface area contributed by atoms with Crippen LogP contribution < -0.4 is 4.72 Å². The fourth-order valence-electron chi connectivity index (χ4n) is 1.99. The summed E-state index contributed by atoms with van der Waals surface area (Å²) in [7, 11) is 0.358. The van der Waals surface area contributed by atoms with Gasteiger partial charge in [0.25, 0.3) is 0 Å². The van der Waals surface area contributed by atoms with E-state index >= 15 is 0 Å². The van der Waals surface area contributed by atoms with E-state index in [2.05, 4.69) is 9.62 Å². The van der Waals surface area contributed by atoms with Gasteiger partial charge in [-0.25, -0.2) is 13.1 Å². The Kier molecular flexibility index (Phi) is 7.09. The molecule has 1 aromatic carbocycles. The Morgan fingerprint density at radius 3 is 2.52 bits per heavy atom. The highest BCUT2D eigenvalue weighted by Crippen LogP contribution is 2.24. The Bertz CT molecular complexity index is 574. The van der Waals surface area contributed by atoms with Gasteiger partial charge in [0.2, 0.25) is 10.0 Å². The van der Waals surface area contributed by atoms with Crippen LogP contribution in [0.5, 0.6) is 0 Å². The molecular formula is C14H23ClN2O3S. The van der Waals surface area contributed by atoms with E-state index in [4.69, 9.17) is 11.6 Å². The molecule has 0 atom stereocenters. The zero-order chi connectivity index (χ0) is 16.0. The highest BCUT2D eigenvalue weighted by Gasteiger charge is 2.19. The van der Waals surface area contributed by atoms with E-state index < -0.39 is 10.0 Å². The lowest BCUT2D eigenvalue weighted by molar-refractivity contribution is 0.280. The van der Waals surface area contributed by atoms with Crippen molar-refractivity contribution in [2.75, 3.05) is 27.2 Å². The molecule has 0 radical (unpaired) electrons. The summed E-state index contributed by atoms with van der Waals surface area (Å²) < 4.78 is 27.2. The number of benzene rings is 1. The third kappa shape index (κ3) is 5.56. The van der Waals surface area contributed by atoms with Crippen LogP contribution in [0.3, 0.4) is 0 Å². The summed E-state index contributed by atoms with van der Waals surface area (Å²) in [5, 5.41) is 9.56. The SMILES string of the molecule is Cc1c(CO)cc(Cl)cc1S(=O)(=O)NCCCCN(C)C. The molecule has 0 aliphatic carbocycles. The maximum Gasteiger partial charge on any atom is 0.240 e. The second-order valence-electron chi connectivity index (χ2n) is 5.25. The van der Waals surface area contributed by atoms with Crippen molar-refractivity contribution in [3.63, 3.8) is 0 Å². The number of rotatable bonds is 8. The molecule has 21 heavy (non-hydrogen) atoms. The number of unbranched alkanes of at least 4 members (excludes halogenated alkanes) is 1. The normalized spacial score (nSPS) is 12.1. The Labute approximate surface area is 132 Å². The molecule has 1 rings (SSSR count). The molecule has 0 aromatic heterocycles. The Morgan fingerprint density at radius 2 is 1.95 bits per heavy atom. The maximum atomic E-state index is 12.3. The molecule has 7 heteroatoms. The first-order valence-electron chi connectivity index (χ1n) is 6.82. The second kappa shape index (κ2) is 8.10. The van der Waals surface area contributed by atoms with E-state index in [-0.39, 0.29) is 11.5 Å². The van der Waals surface area contributed by atoms with Crippen molar-refractivity contribution in [2.24, 2.45) is 0 Å². The van der Waals surface area contributed by atoms with Crippen LogP contribution in [0.1, 0.15) is 24.0 Å². The Hall–Kier alpha value is -0.660. The van der Waals surface area contributed by atoms with Crippen LogP contribution >= 0.6 is 11.6 Å². The third-order valence-electron chi connectivity index (χ3n) is 3.22. The van der Waals surface area contributed by atoms with Gasteiger partial charge in [0.15, 0.2) is 0 Å². The lowest BCUT2D eigenvalue weighted by Gasteiger charge is -2.13. The van der Waals surface area contributed by atoms with Gasteiger partial charge in [-0.3, -0.25) is 0 Å². The van der Waals surface area contributed by atoms with Crippen LogP contribution in [0.15, 0.2) is 17.0 Å². The van der Waals surface area contributed by atoms with Crippen LogP contribution in [0.25, 0.3) is 0 Å². The number of nitrogens with one attached hydrogen (secondary N) is 1. The van der Waals surface area contributed by atoms with E-state index in [9.17, 15) is 13.5 Å². The lowest BCUT2D eigenvalue weighted by Crippen LogP contribution is -2.26. The number of sulfonamides is 1. The number of aliphatic hydroxyl groups is 1.